The number of nitro groups is 1. The lowest BCUT2D eigenvalue weighted by Gasteiger charge is -1.97. The molecule has 15 heavy (non-hydrogen) atoms. The molecular weight excluding hydrogens is 196 g/mol. The standard InChI is InChI=1S/C10H10N2O3/c1-15-9-3-2-7-4-8(6-12(13)14)11-10(7)5-9/h2-5,11H,6H2,1H3. The minimum atomic E-state index is -0.359. The maximum Gasteiger partial charge on any atom is 0.243 e. The minimum Gasteiger partial charge on any atom is -0.497 e. The summed E-state index contributed by atoms with van der Waals surface area (Å²) in [4.78, 5) is 13.0. The van der Waals surface area contributed by atoms with Crippen LogP contribution in [-0.2, 0) is 6.54 Å². The van der Waals surface area contributed by atoms with Crippen LogP contribution in [0.2, 0.25) is 0 Å². The van der Waals surface area contributed by atoms with Crippen molar-refractivity contribution in [2.24, 2.45) is 0 Å². The Hall–Kier alpha value is -2.04. The highest BCUT2D eigenvalue weighted by atomic mass is 16.6. The van der Waals surface area contributed by atoms with Crippen molar-refractivity contribution in [3.8, 4) is 5.75 Å². The molecule has 1 heterocycles. The molecule has 0 aliphatic carbocycles. The Morgan fingerprint density at radius 2 is 2.27 bits per heavy atom. The van der Waals surface area contributed by atoms with Crippen molar-refractivity contribution in [2.45, 2.75) is 6.54 Å². The first kappa shape index (κ1) is 9.51. The summed E-state index contributed by atoms with van der Waals surface area (Å²) in [5.41, 5.74) is 1.45. The molecule has 1 N–H and O–H groups in total. The molecule has 0 bridgehead atoms. The van der Waals surface area contributed by atoms with Crippen molar-refractivity contribution in [1.82, 2.24) is 4.98 Å². The first-order valence-electron chi connectivity index (χ1n) is 4.46. The fraction of sp³-hybridized carbons (Fsp3) is 0.200. The first-order chi connectivity index (χ1) is 7.19. The number of nitrogens with zero attached hydrogens (tertiary/aromatic N) is 1. The lowest BCUT2D eigenvalue weighted by atomic mass is 10.2. The third kappa shape index (κ3) is 1.90. The number of nitrogens with one attached hydrogen (secondary N) is 1. The number of aromatic amines is 1. The van der Waals surface area contributed by atoms with Gasteiger partial charge in [-0.15, -0.1) is 0 Å². The zero-order valence-corrected chi connectivity index (χ0v) is 8.19. The Kier molecular flexibility index (Phi) is 2.29. The average Bonchev–Trinajstić information content (AvgIpc) is 2.57. The molecule has 0 aliphatic heterocycles. The van der Waals surface area contributed by atoms with Crippen LogP contribution in [0.4, 0.5) is 0 Å². The second-order valence-corrected chi connectivity index (χ2v) is 3.24. The van der Waals surface area contributed by atoms with Crippen molar-refractivity contribution in [3.63, 3.8) is 0 Å². The number of fused-ring (bicyclic) bond motifs is 1. The second-order valence-electron chi connectivity index (χ2n) is 3.24. The summed E-state index contributed by atoms with van der Waals surface area (Å²) >= 11 is 0. The summed E-state index contributed by atoms with van der Waals surface area (Å²) < 4.78 is 5.06. The van der Waals surface area contributed by atoms with E-state index in [1.165, 1.54) is 0 Å². The van der Waals surface area contributed by atoms with E-state index in [1.807, 2.05) is 18.2 Å². The fourth-order valence-electron chi connectivity index (χ4n) is 1.52. The van der Waals surface area contributed by atoms with Crippen LogP contribution in [0.25, 0.3) is 10.9 Å². The number of hydrogen-bond acceptors (Lipinski definition) is 3. The van der Waals surface area contributed by atoms with E-state index in [1.54, 1.807) is 13.2 Å². The van der Waals surface area contributed by atoms with Gasteiger partial charge in [-0.3, -0.25) is 10.1 Å². The van der Waals surface area contributed by atoms with Crippen molar-refractivity contribution < 1.29 is 9.66 Å². The van der Waals surface area contributed by atoms with E-state index in [0.717, 1.165) is 16.7 Å². The number of rotatable bonds is 3. The number of hydrogen-bond donors (Lipinski definition) is 1. The molecule has 0 amide bonds. The van der Waals surface area contributed by atoms with Crippen LogP contribution in [0.1, 0.15) is 5.69 Å². The normalized spacial score (nSPS) is 10.5. The zero-order valence-electron chi connectivity index (χ0n) is 8.19. The molecule has 1 aromatic heterocycles. The van der Waals surface area contributed by atoms with Gasteiger partial charge in [0.2, 0.25) is 6.54 Å². The quantitative estimate of drug-likeness (QED) is 0.616. The van der Waals surface area contributed by atoms with Gasteiger partial charge in [0.15, 0.2) is 0 Å². The Morgan fingerprint density at radius 3 is 2.93 bits per heavy atom. The van der Waals surface area contributed by atoms with Crippen molar-refractivity contribution in [3.05, 3.63) is 40.1 Å². The Bertz CT molecular complexity index is 504. The van der Waals surface area contributed by atoms with Gasteiger partial charge in [0.25, 0.3) is 0 Å². The third-order valence-electron chi connectivity index (χ3n) is 2.18. The van der Waals surface area contributed by atoms with Crippen molar-refractivity contribution >= 4 is 10.9 Å². The van der Waals surface area contributed by atoms with Gasteiger partial charge in [-0.05, 0) is 18.2 Å². The van der Waals surface area contributed by atoms with E-state index in [0.29, 0.717) is 5.69 Å². The lowest BCUT2D eigenvalue weighted by molar-refractivity contribution is -0.497. The predicted molar refractivity (Wildman–Crippen MR) is 55.5 cm³/mol. The van der Waals surface area contributed by atoms with Gasteiger partial charge in [0.05, 0.1) is 12.8 Å². The zero-order chi connectivity index (χ0) is 10.8. The fourth-order valence-corrected chi connectivity index (χ4v) is 1.52. The van der Waals surface area contributed by atoms with E-state index in [-0.39, 0.29) is 11.5 Å². The van der Waals surface area contributed by atoms with Crippen molar-refractivity contribution in [2.75, 3.05) is 7.11 Å². The van der Waals surface area contributed by atoms with E-state index < -0.39 is 0 Å². The molecule has 2 aromatic rings. The molecule has 0 aliphatic rings. The van der Waals surface area contributed by atoms with E-state index in [4.69, 9.17) is 4.74 Å². The van der Waals surface area contributed by atoms with Crippen LogP contribution in [0.5, 0.6) is 5.75 Å². The van der Waals surface area contributed by atoms with E-state index in [9.17, 15) is 10.1 Å². The monoisotopic (exact) mass is 206 g/mol. The maximum atomic E-state index is 10.3. The average molecular weight is 206 g/mol. The number of methoxy groups -OCH3 is 1. The van der Waals surface area contributed by atoms with Gasteiger partial charge in [0.1, 0.15) is 5.75 Å². The molecule has 0 fully saturated rings. The molecule has 2 rings (SSSR count). The van der Waals surface area contributed by atoms with Gasteiger partial charge < -0.3 is 9.72 Å². The van der Waals surface area contributed by atoms with Crippen LogP contribution in [0.15, 0.2) is 24.3 Å². The van der Waals surface area contributed by atoms with Gasteiger partial charge in [0, 0.05) is 21.9 Å². The molecule has 5 nitrogen and oxygen atoms in total. The number of ether oxygens (including phenoxy) is 1. The minimum absolute atomic E-state index is 0.184. The molecule has 0 atom stereocenters. The van der Waals surface area contributed by atoms with Crippen LogP contribution in [0, 0.1) is 10.1 Å². The molecule has 0 spiro atoms. The molecule has 0 unspecified atom stereocenters. The highest BCUT2D eigenvalue weighted by molar-refractivity contribution is 5.81. The van der Waals surface area contributed by atoms with Gasteiger partial charge >= 0.3 is 0 Å². The van der Waals surface area contributed by atoms with E-state index >= 15 is 0 Å². The number of benzene rings is 1. The summed E-state index contributed by atoms with van der Waals surface area (Å²) in [6.45, 7) is -0.184. The van der Waals surface area contributed by atoms with Gasteiger partial charge in [-0.2, -0.15) is 0 Å². The molecule has 5 heteroatoms. The Morgan fingerprint density at radius 1 is 1.47 bits per heavy atom. The van der Waals surface area contributed by atoms with Crippen LogP contribution >= 0.6 is 0 Å². The number of aromatic nitrogens is 1. The summed E-state index contributed by atoms with van der Waals surface area (Å²) in [6, 6.07) is 7.29. The molecule has 78 valence electrons. The highest BCUT2D eigenvalue weighted by Gasteiger charge is 2.06. The van der Waals surface area contributed by atoms with Crippen LogP contribution < -0.4 is 4.74 Å². The number of H-pyrrole nitrogens is 1. The summed E-state index contributed by atoms with van der Waals surface area (Å²) in [5.74, 6) is 0.733. The van der Waals surface area contributed by atoms with Gasteiger partial charge in [-0.1, -0.05) is 0 Å². The molecule has 0 radical (unpaired) electrons. The molecule has 1 aromatic carbocycles. The van der Waals surface area contributed by atoms with Crippen LogP contribution in [-0.4, -0.2) is 17.0 Å². The Labute approximate surface area is 85.8 Å². The highest BCUT2D eigenvalue weighted by Crippen LogP contribution is 2.21. The summed E-state index contributed by atoms with van der Waals surface area (Å²) in [5, 5.41) is 11.3. The predicted octanol–water partition coefficient (Wildman–Crippen LogP) is 1.95. The molecular formula is C10H10N2O3. The van der Waals surface area contributed by atoms with Crippen molar-refractivity contribution in [1.29, 1.82) is 0 Å². The lowest BCUT2D eigenvalue weighted by Crippen LogP contribution is -1.97. The van der Waals surface area contributed by atoms with Crippen LogP contribution in [0.3, 0.4) is 0 Å². The summed E-state index contributed by atoms with van der Waals surface area (Å²) in [7, 11) is 1.59. The molecule has 0 saturated heterocycles. The Balaban J connectivity index is 2.42. The maximum absolute atomic E-state index is 10.3. The summed E-state index contributed by atoms with van der Waals surface area (Å²) in [6.07, 6.45) is 0. The van der Waals surface area contributed by atoms with E-state index in [2.05, 4.69) is 4.98 Å². The molecule has 0 saturated carbocycles. The van der Waals surface area contributed by atoms with Gasteiger partial charge in [-0.25, -0.2) is 0 Å². The first-order valence-corrected chi connectivity index (χ1v) is 4.46. The largest absolute Gasteiger partial charge is 0.497 e. The smallest absolute Gasteiger partial charge is 0.243 e. The topological polar surface area (TPSA) is 68.2 Å². The third-order valence-corrected chi connectivity index (χ3v) is 2.18. The SMILES string of the molecule is COc1ccc2cc(C[N+](=O)[O-])[nH]c2c1. The second kappa shape index (κ2) is 3.61.